The molecule has 4 nitrogen and oxygen atoms in total. The third-order valence-electron chi connectivity index (χ3n) is 7.95. The number of hydrogen-bond acceptors (Lipinski definition) is 5. The van der Waals surface area contributed by atoms with Gasteiger partial charge in [-0.3, -0.25) is 4.90 Å². The number of fused-ring (bicyclic) bond motifs is 3. The summed E-state index contributed by atoms with van der Waals surface area (Å²) in [6.45, 7) is 2.03. The Labute approximate surface area is 238 Å². The minimum atomic E-state index is 0. The number of nitrogens with zero attached hydrogens (tertiary/aromatic N) is 1. The van der Waals surface area contributed by atoms with Crippen LogP contribution in [0.5, 0.6) is 5.75 Å². The molecule has 0 aromatic heterocycles. The lowest BCUT2D eigenvalue weighted by Crippen LogP contribution is -2.68. The van der Waals surface area contributed by atoms with E-state index in [1.807, 2.05) is 0 Å². The van der Waals surface area contributed by atoms with Crippen LogP contribution < -0.4 is 10.1 Å². The van der Waals surface area contributed by atoms with Crippen molar-refractivity contribution >= 4 is 36.6 Å². The van der Waals surface area contributed by atoms with Gasteiger partial charge in [-0.1, -0.05) is 60.7 Å². The predicted molar refractivity (Wildman–Crippen MR) is 159 cm³/mol. The summed E-state index contributed by atoms with van der Waals surface area (Å²) in [5, 5.41) is 14.3. The van der Waals surface area contributed by atoms with Crippen molar-refractivity contribution in [3.05, 3.63) is 95.6 Å². The Hall–Kier alpha value is -1.73. The van der Waals surface area contributed by atoms with Crippen molar-refractivity contribution in [3.63, 3.8) is 0 Å². The van der Waals surface area contributed by atoms with Crippen LogP contribution in [0.3, 0.4) is 0 Å². The maximum absolute atomic E-state index is 10.3. The summed E-state index contributed by atoms with van der Waals surface area (Å²) in [5.41, 5.74) is 3.87. The molecule has 2 N–H and O–H groups in total. The smallest absolute Gasteiger partial charge is 0.123 e. The lowest BCUT2D eigenvalue weighted by Gasteiger charge is -2.57. The van der Waals surface area contributed by atoms with Gasteiger partial charge in [-0.05, 0) is 60.9 Å². The molecule has 5 atom stereocenters. The lowest BCUT2D eigenvalue weighted by molar-refractivity contribution is -0.0564. The molecule has 3 aliphatic heterocycles. The van der Waals surface area contributed by atoms with Gasteiger partial charge in [0.15, 0.2) is 0 Å². The molecule has 0 amide bonds. The Morgan fingerprint density at radius 1 is 1.00 bits per heavy atom. The summed E-state index contributed by atoms with van der Waals surface area (Å²) in [6, 6.07) is 29.1. The van der Waals surface area contributed by atoms with Crippen molar-refractivity contribution in [2.45, 2.75) is 48.3 Å². The fourth-order valence-electron chi connectivity index (χ4n) is 6.33. The highest BCUT2D eigenvalue weighted by Gasteiger charge is 2.49. The first-order valence-corrected chi connectivity index (χ1v) is 13.9. The van der Waals surface area contributed by atoms with Crippen LogP contribution in [0.4, 0.5) is 0 Å². The van der Waals surface area contributed by atoms with Crippen LogP contribution in [0.25, 0.3) is 0 Å². The molecule has 0 spiro atoms. The number of nitrogens with one attached hydrogen (secondary N) is 1. The van der Waals surface area contributed by atoms with Gasteiger partial charge in [0.1, 0.15) is 5.75 Å². The van der Waals surface area contributed by atoms with E-state index < -0.39 is 0 Å². The molecular formula is C30H38Cl2N2O2S. The molecule has 3 aliphatic rings. The molecule has 5 unspecified atom stereocenters. The quantitative estimate of drug-likeness (QED) is 0.314. The first-order valence-electron chi connectivity index (χ1n) is 12.6. The van der Waals surface area contributed by atoms with E-state index in [1.54, 1.807) is 18.9 Å². The molecule has 7 heteroatoms. The van der Waals surface area contributed by atoms with Gasteiger partial charge < -0.3 is 15.2 Å². The number of halogens is 2. The van der Waals surface area contributed by atoms with E-state index in [1.165, 1.54) is 28.0 Å². The van der Waals surface area contributed by atoms with E-state index in [0.717, 1.165) is 25.3 Å². The molecule has 3 aromatic rings. The van der Waals surface area contributed by atoms with Crippen LogP contribution in [0.2, 0.25) is 0 Å². The number of benzene rings is 3. The maximum atomic E-state index is 10.3. The van der Waals surface area contributed by atoms with Crippen molar-refractivity contribution in [2.24, 2.45) is 5.92 Å². The van der Waals surface area contributed by atoms with Gasteiger partial charge in [0, 0.05) is 41.0 Å². The average molecular weight is 562 g/mol. The van der Waals surface area contributed by atoms with E-state index in [0.29, 0.717) is 12.0 Å². The van der Waals surface area contributed by atoms with Crippen LogP contribution >= 0.6 is 36.6 Å². The first-order chi connectivity index (χ1) is 17.2. The number of aliphatic hydroxyl groups is 1. The fraction of sp³-hybridized carbons (Fsp3) is 0.400. The van der Waals surface area contributed by atoms with Crippen LogP contribution in [-0.4, -0.2) is 54.6 Å². The number of rotatable bonds is 9. The van der Waals surface area contributed by atoms with E-state index in [2.05, 4.69) is 95.3 Å². The van der Waals surface area contributed by atoms with E-state index in [4.69, 9.17) is 4.74 Å². The average Bonchev–Trinajstić information content (AvgIpc) is 2.93. The molecule has 0 saturated carbocycles. The largest absolute Gasteiger partial charge is 0.496 e. The van der Waals surface area contributed by atoms with Crippen LogP contribution in [-0.2, 0) is 6.54 Å². The number of ether oxygens (including phenoxy) is 1. The minimum absolute atomic E-state index is 0. The Morgan fingerprint density at radius 3 is 2.22 bits per heavy atom. The minimum Gasteiger partial charge on any atom is -0.496 e. The van der Waals surface area contributed by atoms with Crippen molar-refractivity contribution in [1.82, 2.24) is 10.2 Å². The van der Waals surface area contributed by atoms with E-state index in [9.17, 15) is 5.11 Å². The summed E-state index contributed by atoms with van der Waals surface area (Å²) in [7, 11) is 1.75. The second-order valence-electron chi connectivity index (χ2n) is 9.73. The molecule has 0 radical (unpaired) electrons. The van der Waals surface area contributed by atoms with Gasteiger partial charge in [0.2, 0.25) is 0 Å². The number of hydrogen-bond donors (Lipinski definition) is 2. The van der Waals surface area contributed by atoms with Crippen molar-refractivity contribution in [1.29, 1.82) is 0 Å². The highest BCUT2D eigenvalue weighted by molar-refractivity contribution is 7.98. The zero-order valence-electron chi connectivity index (χ0n) is 21.5. The highest BCUT2D eigenvalue weighted by atomic mass is 35.5. The summed E-state index contributed by atoms with van der Waals surface area (Å²) >= 11 is 1.76. The Morgan fingerprint density at radius 2 is 1.65 bits per heavy atom. The molecule has 6 rings (SSSR count). The van der Waals surface area contributed by atoms with Gasteiger partial charge >= 0.3 is 0 Å². The van der Waals surface area contributed by atoms with Gasteiger partial charge in [-0.2, -0.15) is 0 Å². The van der Waals surface area contributed by atoms with Gasteiger partial charge in [0.05, 0.1) is 13.7 Å². The van der Waals surface area contributed by atoms with Crippen molar-refractivity contribution in [2.75, 3.05) is 26.5 Å². The Balaban J connectivity index is 0.00000190. The normalized spacial score (nSPS) is 24.3. The maximum Gasteiger partial charge on any atom is 0.123 e. The number of aliphatic hydroxyl groups excluding tert-OH is 1. The van der Waals surface area contributed by atoms with E-state index in [-0.39, 0.29) is 49.4 Å². The second-order valence-corrected chi connectivity index (χ2v) is 10.6. The lowest BCUT2D eigenvalue weighted by atomic mass is 9.68. The SMILES string of the molecule is COc1ccc(SC)cc1CNC1C2CCN(C(CO)C2)C1C(c1ccccc1)c1ccccc1.Cl.Cl. The summed E-state index contributed by atoms with van der Waals surface area (Å²) in [4.78, 5) is 3.84. The van der Waals surface area contributed by atoms with Crippen LogP contribution in [0.15, 0.2) is 83.8 Å². The summed E-state index contributed by atoms with van der Waals surface area (Å²) in [6.07, 6.45) is 4.33. The molecule has 3 aromatic carbocycles. The third-order valence-corrected chi connectivity index (χ3v) is 8.67. The molecule has 3 heterocycles. The molecule has 3 fully saturated rings. The van der Waals surface area contributed by atoms with Crippen molar-refractivity contribution in [3.8, 4) is 5.75 Å². The highest BCUT2D eigenvalue weighted by Crippen LogP contribution is 2.44. The molecule has 200 valence electrons. The van der Waals surface area contributed by atoms with E-state index >= 15 is 0 Å². The fourth-order valence-corrected chi connectivity index (χ4v) is 6.79. The Bertz CT molecular complexity index is 1070. The monoisotopic (exact) mass is 560 g/mol. The zero-order chi connectivity index (χ0) is 24.2. The zero-order valence-corrected chi connectivity index (χ0v) is 23.9. The molecule has 3 saturated heterocycles. The third kappa shape index (κ3) is 6.30. The Kier molecular flexibility index (Phi) is 11.2. The van der Waals surface area contributed by atoms with Gasteiger partial charge in [-0.15, -0.1) is 36.6 Å². The standard InChI is InChI=1S/C30H36N2O2S.2ClH/c1-34-27-14-13-26(35-2)18-24(27)19-31-29-23-15-16-32(25(17-23)20-33)30(29)28(21-9-5-3-6-10-21)22-11-7-4-8-12-22;;/h3-14,18,23,25,28-31,33H,15-17,19-20H2,1-2H3;2*1H. The summed E-state index contributed by atoms with van der Waals surface area (Å²) in [5.74, 6) is 1.70. The molecular weight excluding hydrogens is 523 g/mol. The van der Waals surface area contributed by atoms with Crippen molar-refractivity contribution < 1.29 is 9.84 Å². The molecule has 0 aliphatic carbocycles. The van der Waals surface area contributed by atoms with Gasteiger partial charge in [-0.25, -0.2) is 0 Å². The second kappa shape index (κ2) is 13.9. The molecule has 2 bridgehead atoms. The number of piperidine rings is 3. The van der Waals surface area contributed by atoms with Crippen LogP contribution in [0, 0.1) is 5.92 Å². The predicted octanol–water partition coefficient (Wildman–Crippen LogP) is 6.01. The van der Waals surface area contributed by atoms with Crippen LogP contribution in [0.1, 0.15) is 35.4 Å². The topological polar surface area (TPSA) is 44.7 Å². The molecule has 37 heavy (non-hydrogen) atoms. The first kappa shape index (κ1) is 29.8. The number of thioether (sulfide) groups is 1. The summed E-state index contributed by atoms with van der Waals surface area (Å²) < 4.78 is 5.70. The van der Waals surface area contributed by atoms with Gasteiger partial charge in [0.25, 0.3) is 0 Å². The number of methoxy groups -OCH3 is 1.